The molecule has 0 spiro atoms. The van der Waals surface area contributed by atoms with Crippen molar-refractivity contribution in [3.63, 3.8) is 0 Å². The van der Waals surface area contributed by atoms with Gasteiger partial charge in [-0.25, -0.2) is 0 Å². The number of ether oxygens (including phenoxy) is 1. The molecule has 6 heavy (non-hydrogen) atoms. The third kappa shape index (κ3) is 8.95. The zero-order valence-corrected chi connectivity index (χ0v) is 5.28. The molecule has 0 aliphatic heterocycles. The first-order valence-electron chi connectivity index (χ1n) is 1.37. The molecule has 3 heteroatoms. The van der Waals surface area contributed by atoms with E-state index in [0.717, 1.165) is 0 Å². The van der Waals surface area contributed by atoms with E-state index >= 15 is 0 Å². The standard InChI is InChI=1S/C3H7O2.Er/c1-5-3-2-4;/h3-4H,2H2,1H3;/q-1;. The zero-order valence-electron chi connectivity index (χ0n) is 3.43. The average Bonchev–Trinajstić information content (AvgIpc) is 1.41. The molecule has 0 rings (SSSR count). The van der Waals surface area contributed by atoms with Gasteiger partial charge < -0.3 is 9.84 Å². The Bertz CT molecular complexity index is 16.3. The van der Waals surface area contributed by atoms with Crippen LogP contribution < -0.4 is 0 Å². The SMILES string of the molecule is CO[CH-]CO.[Er]. The molecule has 0 radical (unpaired) electrons. The number of rotatable bonds is 2. The van der Waals surface area contributed by atoms with Crippen molar-refractivity contribution in [2.45, 2.75) is 0 Å². The maximum absolute atomic E-state index is 7.89. The summed E-state index contributed by atoms with van der Waals surface area (Å²) >= 11 is 0. The van der Waals surface area contributed by atoms with Gasteiger partial charge in [-0.15, -0.1) is 0 Å². The van der Waals surface area contributed by atoms with Crippen LogP contribution >= 0.6 is 0 Å². The van der Waals surface area contributed by atoms with E-state index in [9.17, 15) is 0 Å². The fourth-order valence-corrected chi connectivity index (χ4v) is 0.0745. The van der Waals surface area contributed by atoms with Crippen molar-refractivity contribution < 1.29 is 47.1 Å². The second-order valence-corrected chi connectivity index (χ2v) is 0.585. The minimum atomic E-state index is -0.00347. The number of aliphatic hydroxyl groups excluding tert-OH is 1. The van der Waals surface area contributed by atoms with E-state index in [1.807, 2.05) is 0 Å². The Kier molecular flexibility index (Phi) is 16.1. The summed E-state index contributed by atoms with van der Waals surface area (Å²) in [5.41, 5.74) is 0. The van der Waals surface area contributed by atoms with E-state index in [-0.39, 0.29) is 43.9 Å². The number of methoxy groups -OCH3 is 1. The Labute approximate surface area is 67.1 Å². The molecule has 0 aliphatic carbocycles. The number of aliphatic hydroxyl groups is 1. The minimum absolute atomic E-state index is 0. The molecule has 0 aliphatic rings. The molecule has 0 saturated heterocycles. The van der Waals surface area contributed by atoms with Crippen LogP contribution in [-0.4, -0.2) is 18.8 Å². The summed E-state index contributed by atoms with van der Waals surface area (Å²) in [4.78, 5) is 0. The van der Waals surface area contributed by atoms with E-state index in [0.29, 0.717) is 0 Å². The molecule has 0 atom stereocenters. The van der Waals surface area contributed by atoms with E-state index in [2.05, 4.69) is 4.74 Å². The third-order valence-electron chi connectivity index (χ3n) is 0.241. The molecule has 0 bridgehead atoms. The monoisotopic (exact) mass is 241 g/mol. The molecule has 0 amide bonds. The fraction of sp³-hybridized carbons (Fsp3) is 0.667. The van der Waals surface area contributed by atoms with Gasteiger partial charge in [-0.2, -0.15) is 6.61 Å². The average molecular weight is 242 g/mol. The Morgan fingerprint density at radius 1 is 1.83 bits per heavy atom. The van der Waals surface area contributed by atoms with Crippen LogP contribution in [0.3, 0.4) is 0 Å². The number of hydrogen-bond acceptors (Lipinski definition) is 2. The summed E-state index contributed by atoms with van der Waals surface area (Å²) in [7, 11) is 1.50. The van der Waals surface area contributed by atoms with Crippen molar-refractivity contribution in [2.24, 2.45) is 0 Å². The van der Waals surface area contributed by atoms with E-state index in [1.165, 1.54) is 13.7 Å². The Morgan fingerprint density at radius 2 is 2.33 bits per heavy atom. The molecule has 0 fully saturated rings. The van der Waals surface area contributed by atoms with Crippen molar-refractivity contribution in [1.82, 2.24) is 0 Å². The predicted octanol–water partition coefficient (Wildman–Crippen LogP) is -0.213. The third-order valence-corrected chi connectivity index (χ3v) is 0.241. The van der Waals surface area contributed by atoms with E-state index in [4.69, 9.17) is 5.11 Å². The normalized spacial score (nSPS) is 7.00. The Morgan fingerprint density at radius 3 is 2.33 bits per heavy atom. The van der Waals surface area contributed by atoms with Gasteiger partial charge in [-0.3, -0.25) is 0 Å². The van der Waals surface area contributed by atoms with Crippen LogP contribution in [0.4, 0.5) is 0 Å². The van der Waals surface area contributed by atoms with Crippen molar-refractivity contribution in [3.05, 3.63) is 6.61 Å². The predicted molar refractivity (Wildman–Crippen MR) is 18.4 cm³/mol. The van der Waals surface area contributed by atoms with Crippen LogP contribution in [0.5, 0.6) is 0 Å². The molecular formula is C3H7ErO2-. The molecule has 1 N–H and O–H groups in total. The van der Waals surface area contributed by atoms with Gasteiger partial charge in [0.15, 0.2) is 0 Å². The van der Waals surface area contributed by atoms with Crippen LogP contribution in [0.15, 0.2) is 0 Å². The molecule has 0 saturated carbocycles. The van der Waals surface area contributed by atoms with Crippen molar-refractivity contribution >= 4 is 0 Å². The molecular weight excluding hydrogens is 235 g/mol. The second-order valence-electron chi connectivity index (χ2n) is 0.585. The van der Waals surface area contributed by atoms with Gasteiger partial charge in [0.1, 0.15) is 0 Å². The van der Waals surface area contributed by atoms with Gasteiger partial charge in [0.25, 0.3) is 0 Å². The summed E-state index contributed by atoms with van der Waals surface area (Å²) < 4.78 is 4.32. The van der Waals surface area contributed by atoms with Crippen LogP contribution in [0.25, 0.3) is 0 Å². The maximum atomic E-state index is 7.89. The molecule has 2 nitrogen and oxygen atoms in total. The molecule has 0 aromatic heterocycles. The van der Waals surface area contributed by atoms with Gasteiger partial charge in [-0.1, -0.05) is 6.61 Å². The molecule has 0 aromatic carbocycles. The van der Waals surface area contributed by atoms with Crippen LogP contribution in [0.2, 0.25) is 0 Å². The summed E-state index contributed by atoms with van der Waals surface area (Å²) in [5, 5.41) is 7.89. The molecule has 0 aromatic rings. The summed E-state index contributed by atoms with van der Waals surface area (Å²) in [6.45, 7) is 1.30. The van der Waals surface area contributed by atoms with Gasteiger partial charge in [-0.05, 0) is 7.11 Å². The molecule has 0 heterocycles. The van der Waals surface area contributed by atoms with Crippen molar-refractivity contribution in [1.29, 1.82) is 0 Å². The van der Waals surface area contributed by atoms with Crippen molar-refractivity contribution in [2.75, 3.05) is 13.7 Å². The zero-order chi connectivity index (χ0) is 4.12. The van der Waals surface area contributed by atoms with Gasteiger partial charge in [0, 0.05) is 37.3 Å². The quantitative estimate of drug-likeness (QED) is 0.679. The summed E-state index contributed by atoms with van der Waals surface area (Å²) in [6, 6.07) is 0. The fourth-order valence-electron chi connectivity index (χ4n) is 0.0745. The largest absolute Gasteiger partial charge is 0.552 e. The van der Waals surface area contributed by atoms with Gasteiger partial charge in [0.05, 0.1) is 0 Å². The van der Waals surface area contributed by atoms with E-state index < -0.39 is 0 Å². The number of hydrogen-bond donors (Lipinski definition) is 1. The smallest absolute Gasteiger partial charge is 0 e. The van der Waals surface area contributed by atoms with Crippen LogP contribution in [0, 0.1) is 43.9 Å². The minimum Gasteiger partial charge on any atom is -0.552 e. The van der Waals surface area contributed by atoms with Crippen molar-refractivity contribution in [3.8, 4) is 0 Å². The van der Waals surface area contributed by atoms with E-state index in [1.54, 1.807) is 0 Å². The summed E-state index contributed by atoms with van der Waals surface area (Å²) in [5.74, 6) is 0. The van der Waals surface area contributed by atoms with Gasteiger partial charge in [0.2, 0.25) is 0 Å². The van der Waals surface area contributed by atoms with Crippen LogP contribution in [0.1, 0.15) is 0 Å². The first-order chi connectivity index (χ1) is 2.41. The Hall–Kier alpha value is 1.17. The van der Waals surface area contributed by atoms with Crippen LogP contribution in [-0.2, 0) is 4.74 Å². The second kappa shape index (κ2) is 9.48. The maximum Gasteiger partial charge on any atom is 0 e. The Balaban J connectivity index is 0. The topological polar surface area (TPSA) is 29.5 Å². The first-order valence-corrected chi connectivity index (χ1v) is 1.37. The first kappa shape index (κ1) is 10.2. The molecule has 0 unspecified atom stereocenters. The molecule has 44 valence electrons. The summed E-state index contributed by atoms with van der Waals surface area (Å²) in [6.07, 6.45) is 0. The van der Waals surface area contributed by atoms with Gasteiger partial charge >= 0.3 is 0 Å².